The van der Waals surface area contributed by atoms with Crippen molar-refractivity contribution in [2.45, 2.75) is 45.1 Å². The standard InChI is InChI=1S/C11H17NO/c1-11(4-5-11)10(13)12-7-8-2-3-9(12)6-8/h8-9H,2-7H2,1H3. The van der Waals surface area contributed by atoms with Gasteiger partial charge in [0.2, 0.25) is 5.91 Å². The zero-order valence-corrected chi connectivity index (χ0v) is 8.25. The summed E-state index contributed by atoms with van der Waals surface area (Å²) in [6.45, 7) is 3.19. The van der Waals surface area contributed by atoms with Gasteiger partial charge < -0.3 is 4.90 Å². The van der Waals surface area contributed by atoms with Crippen LogP contribution >= 0.6 is 0 Å². The molecule has 72 valence electrons. The number of carbonyl (C=O) groups excluding carboxylic acids is 1. The number of nitrogens with zero attached hydrogens (tertiary/aromatic N) is 1. The van der Waals surface area contributed by atoms with Crippen molar-refractivity contribution in [1.29, 1.82) is 0 Å². The van der Waals surface area contributed by atoms with E-state index < -0.39 is 0 Å². The van der Waals surface area contributed by atoms with Gasteiger partial charge in [0, 0.05) is 18.0 Å². The van der Waals surface area contributed by atoms with E-state index in [2.05, 4.69) is 11.8 Å². The second-order valence-corrected chi connectivity index (χ2v) is 5.35. The maximum atomic E-state index is 12.0. The number of hydrogen-bond donors (Lipinski definition) is 0. The molecule has 2 unspecified atom stereocenters. The van der Waals surface area contributed by atoms with E-state index in [0.717, 1.165) is 25.3 Å². The molecule has 3 aliphatic rings. The van der Waals surface area contributed by atoms with Crippen molar-refractivity contribution in [2.24, 2.45) is 11.3 Å². The first kappa shape index (κ1) is 7.84. The number of fused-ring (bicyclic) bond motifs is 2. The highest BCUT2D eigenvalue weighted by molar-refractivity contribution is 5.85. The van der Waals surface area contributed by atoms with Crippen molar-refractivity contribution in [2.75, 3.05) is 6.54 Å². The summed E-state index contributed by atoms with van der Waals surface area (Å²) in [5.41, 5.74) is 0.0600. The molecule has 2 nitrogen and oxygen atoms in total. The fraction of sp³-hybridized carbons (Fsp3) is 0.909. The van der Waals surface area contributed by atoms with Gasteiger partial charge in [-0.3, -0.25) is 4.79 Å². The van der Waals surface area contributed by atoms with E-state index in [1.165, 1.54) is 19.3 Å². The average Bonchev–Trinajstić information content (AvgIpc) is 2.65. The molecule has 2 saturated carbocycles. The first-order valence-corrected chi connectivity index (χ1v) is 5.50. The second-order valence-electron chi connectivity index (χ2n) is 5.35. The maximum absolute atomic E-state index is 12.0. The summed E-state index contributed by atoms with van der Waals surface area (Å²) in [7, 11) is 0. The zero-order chi connectivity index (χ0) is 9.05. The van der Waals surface area contributed by atoms with Crippen molar-refractivity contribution >= 4 is 5.91 Å². The molecular formula is C11H17NO. The van der Waals surface area contributed by atoms with Crippen LogP contribution in [0.25, 0.3) is 0 Å². The SMILES string of the molecule is CC1(C(=O)N2CC3CCC2C3)CC1. The molecule has 2 bridgehead atoms. The van der Waals surface area contributed by atoms with Gasteiger partial charge in [0.1, 0.15) is 0 Å². The number of rotatable bonds is 1. The second kappa shape index (κ2) is 2.28. The largest absolute Gasteiger partial charge is 0.339 e. The lowest BCUT2D eigenvalue weighted by Crippen LogP contribution is -2.41. The molecule has 1 saturated heterocycles. The first-order chi connectivity index (χ1) is 6.19. The maximum Gasteiger partial charge on any atom is 0.228 e. The van der Waals surface area contributed by atoms with Crippen molar-refractivity contribution < 1.29 is 4.79 Å². The van der Waals surface area contributed by atoms with Crippen LogP contribution < -0.4 is 0 Å². The van der Waals surface area contributed by atoms with E-state index in [9.17, 15) is 4.79 Å². The Morgan fingerprint density at radius 1 is 1.38 bits per heavy atom. The van der Waals surface area contributed by atoms with Crippen LogP contribution in [0.3, 0.4) is 0 Å². The van der Waals surface area contributed by atoms with Crippen molar-refractivity contribution in [3.63, 3.8) is 0 Å². The van der Waals surface area contributed by atoms with Crippen LogP contribution in [0.2, 0.25) is 0 Å². The first-order valence-electron chi connectivity index (χ1n) is 5.50. The van der Waals surface area contributed by atoms with E-state index in [4.69, 9.17) is 0 Å². The third-order valence-corrected chi connectivity index (χ3v) is 4.19. The zero-order valence-electron chi connectivity index (χ0n) is 8.25. The Morgan fingerprint density at radius 2 is 2.15 bits per heavy atom. The van der Waals surface area contributed by atoms with Gasteiger partial charge in [0.05, 0.1) is 0 Å². The van der Waals surface area contributed by atoms with Crippen LogP contribution in [0.4, 0.5) is 0 Å². The third kappa shape index (κ3) is 1.04. The summed E-state index contributed by atoms with van der Waals surface area (Å²) in [4.78, 5) is 14.2. The van der Waals surface area contributed by atoms with Crippen LogP contribution in [0.15, 0.2) is 0 Å². The Labute approximate surface area is 79.3 Å². The van der Waals surface area contributed by atoms with Gasteiger partial charge in [0.25, 0.3) is 0 Å². The minimum absolute atomic E-state index is 0.0600. The Bertz CT molecular complexity index is 257. The lowest BCUT2D eigenvalue weighted by molar-refractivity contribution is -0.138. The molecular weight excluding hydrogens is 162 g/mol. The molecule has 0 radical (unpaired) electrons. The highest BCUT2D eigenvalue weighted by Gasteiger charge is 2.51. The summed E-state index contributed by atoms with van der Waals surface area (Å²) >= 11 is 0. The van der Waals surface area contributed by atoms with Crippen LogP contribution in [-0.2, 0) is 4.79 Å². The number of amides is 1. The smallest absolute Gasteiger partial charge is 0.228 e. The summed E-state index contributed by atoms with van der Waals surface area (Å²) in [6.07, 6.45) is 6.18. The molecule has 2 aliphatic carbocycles. The van der Waals surface area contributed by atoms with Gasteiger partial charge >= 0.3 is 0 Å². The minimum atomic E-state index is 0.0600. The van der Waals surface area contributed by atoms with E-state index in [1.807, 2.05) is 0 Å². The molecule has 0 N–H and O–H groups in total. The molecule has 1 amide bonds. The number of carbonyl (C=O) groups is 1. The normalized spacial score (nSPS) is 39.6. The number of piperidine rings is 1. The highest BCUT2D eigenvalue weighted by Crippen LogP contribution is 2.49. The summed E-state index contributed by atoms with van der Waals surface area (Å²) in [6, 6.07) is 0.620. The molecule has 1 aliphatic heterocycles. The molecule has 0 aromatic heterocycles. The highest BCUT2D eigenvalue weighted by atomic mass is 16.2. The van der Waals surface area contributed by atoms with Crippen LogP contribution in [0.1, 0.15) is 39.0 Å². The average molecular weight is 179 g/mol. The Morgan fingerprint density at radius 3 is 2.62 bits per heavy atom. The molecule has 3 fully saturated rings. The van der Waals surface area contributed by atoms with Gasteiger partial charge in [-0.15, -0.1) is 0 Å². The summed E-state index contributed by atoms with van der Waals surface area (Å²) in [5, 5.41) is 0. The van der Waals surface area contributed by atoms with Gasteiger partial charge in [-0.2, -0.15) is 0 Å². The number of likely N-dealkylation sites (tertiary alicyclic amines) is 1. The van der Waals surface area contributed by atoms with Gasteiger partial charge in [-0.05, 0) is 38.0 Å². The molecule has 3 rings (SSSR count). The van der Waals surface area contributed by atoms with Crippen molar-refractivity contribution in [1.82, 2.24) is 4.90 Å². The minimum Gasteiger partial charge on any atom is -0.339 e. The third-order valence-electron chi connectivity index (χ3n) is 4.19. The fourth-order valence-electron chi connectivity index (χ4n) is 2.92. The number of hydrogen-bond acceptors (Lipinski definition) is 1. The Hall–Kier alpha value is -0.530. The van der Waals surface area contributed by atoms with Gasteiger partial charge in [-0.25, -0.2) is 0 Å². The quantitative estimate of drug-likeness (QED) is 0.601. The molecule has 0 spiro atoms. The van der Waals surface area contributed by atoms with Crippen LogP contribution in [0, 0.1) is 11.3 Å². The molecule has 13 heavy (non-hydrogen) atoms. The molecule has 0 aromatic carbocycles. The lowest BCUT2D eigenvalue weighted by atomic mass is 10.1. The monoisotopic (exact) mass is 179 g/mol. The molecule has 0 aromatic rings. The van der Waals surface area contributed by atoms with E-state index in [-0.39, 0.29) is 5.41 Å². The summed E-state index contributed by atoms with van der Waals surface area (Å²) < 4.78 is 0. The van der Waals surface area contributed by atoms with E-state index in [0.29, 0.717) is 11.9 Å². The van der Waals surface area contributed by atoms with Crippen molar-refractivity contribution in [3.05, 3.63) is 0 Å². The Balaban J connectivity index is 1.76. The lowest BCUT2D eigenvalue weighted by Gasteiger charge is -2.29. The Kier molecular flexibility index (Phi) is 1.38. The van der Waals surface area contributed by atoms with E-state index >= 15 is 0 Å². The predicted molar refractivity (Wildman–Crippen MR) is 50.2 cm³/mol. The summed E-state index contributed by atoms with van der Waals surface area (Å²) in [5.74, 6) is 1.30. The van der Waals surface area contributed by atoms with Crippen LogP contribution in [-0.4, -0.2) is 23.4 Å². The molecule has 1 heterocycles. The van der Waals surface area contributed by atoms with Gasteiger partial charge in [0.15, 0.2) is 0 Å². The topological polar surface area (TPSA) is 20.3 Å². The van der Waals surface area contributed by atoms with E-state index in [1.54, 1.807) is 0 Å². The van der Waals surface area contributed by atoms with Crippen LogP contribution in [0.5, 0.6) is 0 Å². The van der Waals surface area contributed by atoms with Gasteiger partial charge in [-0.1, -0.05) is 6.92 Å². The van der Waals surface area contributed by atoms with Crippen molar-refractivity contribution in [3.8, 4) is 0 Å². The molecule has 2 atom stereocenters. The fourth-order valence-corrected chi connectivity index (χ4v) is 2.92. The predicted octanol–water partition coefficient (Wildman–Crippen LogP) is 1.80. The molecule has 2 heteroatoms.